The summed E-state index contributed by atoms with van der Waals surface area (Å²) in [7, 11) is 0. The molecule has 0 spiro atoms. The Kier molecular flexibility index (Phi) is 5.41. The minimum atomic E-state index is -0.423. The Bertz CT molecular complexity index is 577. The van der Waals surface area contributed by atoms with E-state index in [9.17, 15) is 15.0 Å². The van der Waals surface area contributed by atoms with Gasteiger partial charge in [0.2, 0.25) is 5.91 Å². The number of phenolic OH excluding ortho intramolecular Hbond substituents is 1. The van der Waals surface area contributed by atoms with E-state index in [2.05, 4.69) is 10.6 Å². The minimum Gasteiger partial charge on any atom is -0.506 e. The van der Waals surface area contributed by atoms with Gasteiger partial charge >= 0.3 is 0 Å². The summed E-state index contributed by atoms with van der Waals surface area (Å²) in [5, 5.41) is 26.1. The molecule has 0 aliphatic heterocycles. The molecule has 132 valence electrons. The number of aliphatic hydroxyl groups is 1. The molecule has 0 heterocycles. The van der Waals surface area contributed by atoms with Crippen LogP contribution in [0.4, 0.5) is 5.69 Å². The second-order valence-corrected chi connectivity index (χ2v) is 7.52. The number of phenols is 1. The van der Waals surface area contributed by atoms with Gasteiger partial charge in [-0.25, -0.2) is 0 Å². The van der Waals surface area contributed by atoms with Gasteiger partial charge in [0.05, 0.1) is 17.8 Å². The Morgan fingerprint density at radius 2 is 2.12 bits per heavy atom. The lowest BCUT2D eigenvalue weighted by atomic mass is 9.65. The molecule has 5 nitrogen and oxygen atoms in total. The molecule has 2 aliphatic rings. The molecule has 1 aromatic carbocycles. The molecule has 5 heteroatoms. The zero-order chi connectivity index (χ0) is 17.0. The number of carbonyl (C=O) groups is 1. The zero-order valence-corrected chi connectivity index (χ0v) is 14.1. The monoisotopic (exact) mass is 332 g/mol. The van der Waals surface area contributed by atoms with Crippen LogP contribution in [0.1, 0.15) is 44.9 Å². The van der Waals surface area contributed by atoms with Crippen molar-refractivity contribution in [3.8, 4) is 5.75 Å². The molecular weight excluding hydrogens is 304 g/mol. The molecule has 24 heavy (non-hydrogen) atoms. The molecule has 2 fully saturated rings. The SMILES string of the molecule is O=C(CNCCC1CC2CCCC(O)(C2)C1)Nc1ccccc1O. The highest BCUT2D eigenvalue weighted by Gasteiger charge is 2.41. The van der Waals surface area contributed by atoms with E-state index in [1.165, 1.54) is 19.3 Å². The summed E-state index contributed by atoms with van der Waals surface area (Å²) >= 11 is 0. The van der Waals surface area contributed by atoms with E-state index in [-0.39, 0.29) is 18.2 Å². The average Bonchev–Trinajstić information content (AvgIpc) is 2.53. The quantitative estimate of drug-likeness (QED) is 0.477. The first-order chi connectivity index (χ1) is 11.5. The smallest absolute Gasteiger partial charge is 0.238 e. The molecule has 3 unspecified atom stereocenters. The highest BCUT2D eigenvalue weighted by atomic mass is 16.3. The summed E-state index contributed by atoms with van der Waals surface area (Å²) in [4.78, 5) is 11.9. The lowest BCUT2D eigenvalue weighted by Gasteiger charge is -2.45. The van der Waals surface area contributed by atoms with Gasteiger partial charge < -0.3 is 20.8 Å². The molecule has 2 aliphatic carbocycles. The van der Waals surface area contributed by atoms with Crippen LogP contribution in [0.15, 0.2) is 24.3 Å². The molecule has 0 radical (unpaired) electrons. The Morgan fingerprint density at radius 1 is 1.29 bits per heavy atom. The predicted octanol–water partition coefficient (Wildman–Crippen LogP) is 2.64. The minimum absolute atomic E-state index is 0.0767. The second kappa shape index (κ2) is 7.53. The van der Waals surface area contributed by atoms with Gasteiger partial charge in [-0.1, -0.05) is 25.0 Å². The highest BCUT2D eigenvalue weighted by Crippen LogP contribution is 2.45. The average molecular weight is 332 g/mol. The maximum absolute atomic E-state index is 11.9. The molecule has 3 rings (SSSR count). The lowest BCUT2D eigenvalue weighted by Crippen LogP contribution is -2.43. The fraction of sp³-hybridized carbons (Fsp3) is 0.632. The van der Waals surface area contributed by atoms with Crippen molar-refractivity contribution in [2.45, 2.75) is 50.5 Å². The van der Waals surface area contributed by atoms with Crippen LogP contribution in [-0.2, 0) is 4.79 Å². The van der Waals surface area contributed by atoms with E-state index < -0.39 is 5.60 Å². The fourth-order valence-electron chi connectivity index (χ4n) is 4.44. The number of anilines is 1. The third-order valence-corrected chi connectivity index (χ3v) is 5.45. The molecular formula is C19H28N2O3. The molecule has 0 aromatic heterocycles. The van der Waals surface area contributed by atoms with Crippen molar-refractivity contribution in [2.24, 2.45) is 11.8 Å². The van der Waals surface area contributed by atoms with Crippen LogP contribution in [0.3, 0.4) is 0 Å². The maximum Gasteiger partial charge on any atom is 0.238 e. The summed E-state index contributed by atoms with van der Waals surface area (Å²) in [5.41, 5.74) is 0.0141. The lowest BCUT2D eigenvalue weighted by molar-refractivity contribution is -0.115. The Morgan fingerprint density at radius 3 is 2.92 bits per heavy atom. The van der Waals surface area contributed by atoms with Crippen LogP contribution in [0.2, 0.25) is 0 Å². The van der Waals surface area contributed by atoms with Crippen LogP contribution in [0.5, 0.6) is 5.75 Å². The molecule has 0 saturated heterocycles. The van der Waals surface area contributed by atoms with E-state index >= 15 is 0 Å². The van der Waals surface area contributed by atoms with Gasteiger partial charge in [-0.15, -0.1) is 0 Å². The largest absolute Gasteiger partial charge is 0.506 e. The van der Waals surface area contributed by atoms with Crippen molar-refractivity contribution in [3.63, 3.8) is 0 Å². The number of benzene rings is 1. The summed E-state index contributed by atoms with van der Waals surface area (Å²) in [6, 6.07) is 6.71. The number of carbonyl (C=O) groups excluding carboxylic acids is 1. The number of nitrogens with one attached hydrogen (secondary N) is 2. The first-order valence-electron chi connectivity index (χ1n) is 9.05. The third-order valence-electron chi connectivity index (χ3n) is 5.45. The highest BCUT2D eigenvalue weighted by molar-refractivity contribution is 5.93. The van der Waals surface area contributed by atoms with Crippen molar-refractivity contribution < 1.29 is 15.0 Å². The summed E-state index contributed by atoms with van der Waals surface area (Å²) in [6.07, 6.45) is 7.50. The van der Waals surface area contributed by atoms with Crippen LogP contribution >= 0.6 is 0 Å². The van der Waals surface area contributed by atoms with Gasteiger partial charge in [-0.05, 0) is 62.6 Å². The van der Waals surface area contributed by atoms with Crippen molar-refractivity contribution in [3.05, 3.63) is 24.3 Å². The number of rotatable bonds is 6. The Balaban J connectivity index is 1.36. The van der Waals surface area contributed by atoms with E-state index in [0.29, 0.717) is 17.5 Å². The van der Waals surface area contributed by atoms with Gasteiger partial charge in [0, 0.05) is 0 Å². The van der Waals surface area contributed by atoms with E-state index in [0.717, 1.165) is 32.2 Å². The third kappa shape index (κ3) is 4.48. The standard InChI is InChI=1S/C19H28N2O3/c22-17-6-2-1-5-16(17)21-18(23)13-20-9-7-15-10-14-4-3-8-19(24,11-14)12-15/h1-2,5-6,14-15,20,22,24H,3-4,7-13H2,(H,21,23). The van der Waals surface area contributed by atoms with Gasteiger partial charge in [0.15, 0.2) is 0 Å². The van der Waals surface area contributed by atoms with E-state index in [1.54, 1.807) is 24.3 Å². The van der Waals surface area contributed by atoms with Crippen molar-refractivity contribution >= 4 is 11.6 Å². The molecule has 1 amide bonds. The number of hydrogen-bond donors (Lipinski definition) is 4. The summed E-state index contributed by atoms with van der Waals surface area (Å²) < 4.78 is 0. The molecule has 2 bridgehead atoms. The first kappa shape index (κ1) is 17.2. The normalized spacial score (nSPS) is 29.2. The predicted molar refractivity (Wildman–Crippen MR) is 93.9 cm³/mol. The van der Waals surface area contributed by atoms with E-state index in [1.807, 2.05) is 0 Å². The molecule has 1 aromatic rings. The maximum atomic E-state index is 11.9. The summed E-state index contributed by atoms with van der Waals surface area (Å²) in [5.74, 6) is 1.16. The number of fused-ring (bicyclic) bond motifs is 2. The number of amides is 1. The molecule has 2 saturated carbocycles. The van der Waals surface area contributed by atoms with Crippen molar-refractivity contribution in [1.82, 2.24) is 5.32 Å². The van der Waals surface area contributed by atoms with E-state index in [4.69, 9.17) is 0 Å². The van der Waals surface area contributed by atoms with Crippen LogP contribution in [-0.4, -0.2) is 34.8 Å². The number of aromatic hydroxyl groups is 1. The van der Waals surface area contributed by atoms with Gasteiger partial charge in [0.1, 0.15) is 5.75 Å². The topological polar surface area (TPSA) is 81.6 Å². The molecule has 3 atom stereocenters. The van der Waals surface area contributed by atoms with Gasteiger partial charge in [0.25, 0.3) is 0 Å². The number of hydrogen-bond acceptors (Lipinski definition) is 4. The molecule has 4 N–H and O–H groups in total. The van der Waals surface area contributed by atoms with Gasteiger partial charge in [-0.3, -0.25) is 4.79 Å². The van der Waals surface area contributed by atoms with Gasteiger partial charge in [-0.2, -0.15) is 0 Å². The van der Waals surface area contributed by atoms with Crippen molar-refractivity contribution in [2.75, 3.05) is 18.4 Å². The Labute approximate surface area is 143 Å². The summed E-state index contributed by atoms with van der Waals surface area (Å²) in [6.45, 7) is 1.01. The Hall–Kier alpha value is -1.59. The first-order valence-corrected chi connectivity index (χ1v) is 9.05. The fourth-order valence-corrected chi connectivity index (χ4v) is 4.44. The van der Waals surface area contributed by atoms with Crippen LogP contribution in [0, 0.1) is 11.8 Å². The van der Waals surface area contributed by atoms with Crippen LogP contribution < -0.4 is 10.6 Å². The number of para-hydroxylation sites is 2. The van der Waals surface area contributed by atoms with Crippen LogP contribution in [0.25, 0.3) is 0 Å². The zero-order valence-electron chi connectivity index (χ0n) is 14.1. The second-order valence-electron chi connectivity index (χ2n) is 7.52. The van der Waals surface area contributed by atoms with Crippen molar-refractivity contribution in [1.29, 1.82) is 0 Å².